The van der Waals surface area contributed by atoms with E-state index >= 15 is 0 Å². The first-order chi connectivity index (χ1) is 17.5. The van der Waals surface area contributed by atoms with Crippen molar-refractivity contribution in [2.24, 2.45) is 0 Å². The zero-order valence-corrected chi connectivity index (χ0v) is 23.1. The highest BCUT2D eigenvalue weighted by molar-refractivity contribution is 7.72. The van der Waals surface area contributed by atoms with Crippen LogP contribution in [0.1, 0.15) is 42.1 Å². The molecule has 1 aliphatic heterocycles. The van der Waals surface area contributed by atoms with Crippen molar-refractivity contribution in [3.05, 3.63) is 58.6 Å². The van der Waals surface area contributed by atoms with Crippen LogP contribution >= 0.6 is 26.8 Å². The zero-order valence-electron chi connectivity index (χ0n) is 20.6. The van der Waals surface area contributed by atoms with E-state index in [0.29, 0.717) is 28.4 Å². The van der Waals surface area contributed by atoms with E-state index in [1.54, 1.807) is 49.4 Å². The molecule has 2 aromatic carbocycles. The molecule has 0 fully saturated rings. The first-order valence-electron chi connectivity index (χ1n) is 11.4. The lowest BCUT2D eigenvalue weighted by Gasteiger charge is -2.35. The Morgan fingerprint density at radius 2 is 1.71 bits per heavy atom. The fourth-order valence-electron chi connectivity index (χ4n) is 4.47. The summed E-state index contributed by atoms with van der Waals surface area (Å²) in [5, 5.41) is 9.42. The molecule has 0 bridgehead atoms. The van der Waals surface area contributed by atoms with E-state index < -0.39 is 38.1 Å². The van der Waals surface area contributed by atoms with Crippen LogP contribution in [-0.4, -0.2) is 60.8 Å². The summed E-state index contributed by atoms with van der Waals surface area (Å²) in [5.41, 5.74) is 0.747. The molecule has 1 heterocycles. The van der Waals surface area contributed by atoms with Gasteiger partial charge >= 0.3 is 15.2 Å². The second-order valence-electron chi connectivity index (χ2n) is 9.31. The Balaban J connectivity index is 1.77. The maximum absolute atomic E-state index is 13.6. The highest BCUT2D eigenvalue weighted by atomic mass is 35.5. The largest absolute Gasteiger partial charge is 0.497 e. The standard InChI is InChI=1S/C23H29ClN2O10P2/c1-22(14-20(27)25-11-3-10-23(29,37(30,31)32)38(33,34)35)13-16-12-18(36-2)8-9-19(16)26(22)21(28)15-4-6-17(24)7-5-15/h4-9,12,29H,3,10-11,13-14H2,1-2H3,(H,25,27)(H2,30,31,32)(H2,33,34,35). The van der Waals surface area contributed by atoms with E-state index in [1.165, 1.54) is 12.0 Å². The molecule has 2 aromatic rings. The third-order valence-electron chi connectivity index (χ3n) is 6.42. The molecule has 1 atom stereocenters. The molecule has 1 unspecified atom stereocenters. The fraction of sp³-hybridized carbons (Fsp3) is 0.391. The molecular formula is C23H29ClN2O10P2. The van der Waals surface area contributed by atoms with Crippen LogP contribution in [0, 0.1) is 0 Å². The number of hydrogen-bond donors (Lipinski definition) is 6. The molecule has 0 aromatic heterocycles. The first-order valence-corrected chi connectivity index (χ1v) is 15.0. The van der Waals surface area contributed by atoms with Gasteiger partial charge in [0.25, 0.3) is 11.0 Å². The third kappa shape index (κ3) is 6.14. The van der Waals surface area contributed by atoms with Crippen molar-refractivity contribution in [1.82, 2.24) is 5.32 Å². The maximum atomic E-state index is 13.6. The highest BCUT2D eigenvalue weighted by Crippen LogP contribution is 2.69. The van der Waals surface area contributed by atoms with Crippen LogP contribution < -0.4 is 15.0 Å². The summed E-state index contributed by atoms with van der Waals surface area (Å²) in [7, 11) is -9.65. The number of halogens is 1. The number of anilines is 1. The molecule has 0 spiro atoms. The minimum absolute atomic E-state index is 0.162. The Labute approximate surface area is 223 Å². The van der Waals surface area contributed by atoms with E-state index in [1.807, 2.05) is 0 Å². The van der Waals surface area contributed by atoms with Gasteiger partial charge in [-0.05, 0) is 67.8 Å². The second kappa shape index (κ2) is 11.1. The van der Waals surface area contributed by atoms with E-state index in [-0.39, 0.29) is 25.3 Å². The van der Waals surface area contributed by atoms with Crippen molar-refractivity contribution in [2.45, 2.75) is 43.2 Å². The van der Waals surface area contributed by atoms with Crippen LogP contribution in [-0.2, 0) is 20.3 Å². The minimum Gasteiger partial charge on any atom is -0.497 e. The van der Waals surface area contributed by atoms with E-state index in [2.05, 4.69) is 5.32 Å². The molecule has 208 valence electrons. The molecule has 2 amide bonds. The number of nitrogens with zero attached hydrogens (tertiary/aromatic N) is 1. The summed E-state index contributed by atoms with van der Waals surface area (Å²) < 4.78 is 28.3. The Morgan fingerprint density at radius 3 is 2.26 bits per heavy atom. The molecule has 12 nitrogen and oxygen atoms in total. The van der Waals surface area contributed by atoms with E-state index in [9.17, 15) is 43.4 Å². The molecular weight excluding hydrogens is 562 g/mol. The van der Waals surface area contributed by atoms with Gasteiger partial charge in [-0.3, -0.25) is 18.7 Å². The van der Waals surface area contributed by atoms with Gasteiger partial charge in [-0.15, -0.1) is 0 Å². The molecule has 0 aliphatic carbocycles. The highest BCUT2D eigenvalue weighted by Gasteiger charge is 2.58. The van der Waals surface area contributed by atoms with Crippen LogP contribution in [0.4, 0.5) is 5.69 Å². The van der Waals surface area contributed by atoms with Crippen molar-refractivity contribution in [3.63, 3.8) is 0 Å². The summed E-state index contributed by atoms with van der Waals surface area (Å²) in [6.07, 6.45) is -1.13. The Hall–Kier alpha value is -2.27. The summed E-state index contributed by atoms with van der Waals surface area (Å²) in [4.78, 5) is 65.0. The number of hydrogen-bond acceptors (Lipinski definition) is 6. The van der Waals surface area contributed by atoms with Gasteiger partial charge in [0.05, 0.1) is 19.1 Å². The van der Waals surface area contributed by atoms with Gasteiger partial charge in [0, 0.05) is 29.2 Å². The van der Waals surface area contributed by atoms with E-state index in [0.717, 1.165) is 5.56 Å². The topological polar surface area (TPSA) is 194 Å². The molecule has 0 saturated carbocycles. The number of amides is 2. The van der Waals surface area contributed by atoms with Gasteiger partial charge in [-0.25, -0.2) is 0 Å². The minimum atomic E-state index is -5.58. The summed E-state index contributed by atoms with van der Waals surface area (Å²) in [6.45, 7) is 1.51. The third-order valence-corrected chi connectivity index (χ3v) is 10.5. The summed E-state index contributed by atoms with van der Waals surface area (Å²) in [6, 6.07) is 11.5. The Bertz CT molecular complexity index is 1290. The molecule has 0 saturated heterocycles. The zero-order chi connectivity index (χ0) is 28.5. The number of nitrogens with one attached hydrogen (secondary N) is 1. The maximum Gasteiger partial charge on any atom is 0.369 e. The predicted octanol–water partition coefficient (Wildman–Crippen LogP) is 2.60. The summed E-state index contributed by atoms with van der Waals surface area (Å²) in [5.74, 6) is -0.287. The van der Waals surface area contributed by atoms with Gasteiger partial charge < -0.3 is 39.6 Å². The Morgan fingerprint density at radius 1 is 1.11 bits per heavy atom. The molecule has 3 rings (SSSR count). The van der Waals surface area contributed by atoms with Crippen LogP contribution in [0.5, 0.6) is 5.75 Å². The average molecular weight is 591 g/mol. The second-order valence-corrected chi connectivity index (χ2v) is 13.8. The average Bonchev–Trinajstić information content (AvgIpc) is 3.10. The normalized spacial score (nSPS) is 17.7. The number of aliphatic hydroxyl groups is 1. The van der Waals surface area contributed by atoms with Gasteiger partial charge in [0.1, 0.15) is 5.75 Å². The molecule has 15 heteroatoms. The lowest BCUT2D eigenvalue weighted by Crippen LogP contribution is -2.50. The monoisotopic (exact) mass is 590 g/mol. The number of carbonyl (C=O) groups excluding carboxylic acids is 2. The number of methoxy groups -OCH3 is 1. The van der Waals surface area contributed by atoms with Gasteiger partial charge in [-0.2, -0.15) is 0 Å². The smallest absolute Gasteiger partial charge is 0.369 e. The van der Waals surface area contributed by atoms with E-state index in [4.69, 9.17) is 16.3 Å². The van der Waals surface area contributed by atoms with Crippen molar-refractivity contribution >= 4 is 44.3 Å². The number of ether oxygens (including phenoxy) is 1. The molecule has 0 radical (unpaired) electrons. The molecule has 1 aliphatic rings. The quantitative estimate of drug-likeness (QED) is 0.177. The number of fused-ring (bicyclic) bond motifs is 1. The lowest BCUT2D eigenvalue weighted by atomic mass is 9.91. The van der Waals surface area contributed by atoms with Crippen molar-refractivity contribution < 1.29 is 48.1 Å². The van der Waals surface area contributed by atoms with Crippen LogP contribution in [0.15, 0.2) is 42.5 Å². The van der Waals surface area contributed by atoms with Crippen molar-refractivity contribution in [3.8, 4) is 5.75 Å². The van der Waals surface area contributed by atoms with Gasteiger partial charge in [-0.1, -0.05) is 11.6 Å². The lowest BCUT2D eigenvalue weighted by molar-refractivity contribution is -0.122. The molecule has 38 heavy (non-hydrogen) atoms. The van der Waals surface area contributed by atoms with Crippen LogP contribution in [0.25, 0.3) is 0 Å². The van der Waals surface area contributed by atoms with Crippen molar-refractivity contribution in [2.75, 3.05) is 18.6 Å². The van der Waals surface area contributed by atoms with Gasteiger partial charge in [0.15, 0.2) is 0 Å². The number of benzene rings is 2. The van der Waals surface area contributed by atoms with Crippen LogP contribution in [0.3, 0.4) is 0 Å². The SMILES string of the molecule is COc1ccc2c(c1)CC(C)(CC(=O)NCCCC(O)(P(=O)(O)O)P(=O)(O)O)N2C(=O)c1ccc(Cl)cc1. The predicted molar refractivity (Wildman–Crippen MR) is 139 cm³/mol. The Kier molecular flexibility index (Phi) is 8.82. The molecule has 6 N–H and O–H groups in total. The fourth-order valence-corrected chi connectivity index (χ4v) is 6.85. The van der Waals surface area contributed by atoms with Gasteiger partial charge in [0.2, 0.25) is 5.91 Å². The van der Waals surface area contributed by atoms with Crippen LogP contribution in [0.2, 0.25) is 5.02 Å². The summed E-state index contributed by atoms with van der Waals surface area (Å²) >= 11 is 5.96. The number of carbonyl (C=O) groups is 2. The first kappa shape index (κ1) is 30.3. The van der Waals surface area contributed by atoms with Crippen molar-refractivity contribution in [1.29, 1.82) is 0 Å². The number of rotatable bonds is 10.